The van der Waals surface area contributed by atoms with Crippen LogP contribution in [0.4, 0.5) is 20.6 Å². The molecule has 3 amide bonds. The Morgan fingerprint density at radius 3 is 2.48 bits per heavy atom. The van der Waals surface area contributed by atoms with Crippen molar-refractivity contribution in [3.05, 3.63) is 58.9 Å². The number of urea groups is 1. The second kappa shape index (κ2) is 7.98. The van der Waals surface area contributed by atoms with E-state index < -0.39 is 11.7 Å². The van der Waals surface area contributed by atoms with Crippen LogP contribution in [-0.4, -0.2) is 23.9 Å². The Kier molecular flexibility index (Phi) is 5.98. The van der Waals surface area contributed by atoms with Crippen molar-refractivity contribution in [3.63, 3.8) is 0 Å². The normalized spacial score (nSPS) is 11.6. The molecule has 0 aliphatic carbocycles. The monoisotopic (exact) mass is 363 g/mol. The van der Waals surface area contributed by atoms with Gasteiger partial charge in [0.2, 0.25) is 5.91 Å². The van der Waals surface area contributed by atoms with E-state index in [9.17, 15) is 14.0 Å². The van der Waals surface area contributed by atoms with Gasteiger partial charge in [0.05, 0.1) is 11.7 Å². The summed E-state index contributed by atoms with van der Waals surface area (Å²) in [5.74, 6) is -0.974. The van der Waals surface area contributed by atoms with Crippen molar-refractivity contribution < 1.29 is 14.0 Å². The second-order valence-corrected chi connectivity index (χ2v) is 6.02. The van der Waals surface area contributed by atoms with Gasteiger partial charge in [-0.3, -0.25) is 4.79 Å². The molecule has 0 aromatic heterocycles. The number of nitrogens with zero attached hydrogens (tertiary/aromatic N) is 1. The Morgan fingerprint density at radius 2 is 1.84 bits per heavy atom. The second-order valence-electron chi connectivity index (χ2n) is 5.61. The third-order valence-corrected chi connectivity index (χ3v) is 4.13. The van der Waals surface area contributed by atoms with E-state index in [0.717, 1.165) is 5.56 Å². The molecule has 0 saturated heterocycles. The van der Waals surface area contributed by atoms with Gasteiger partial charge in [-0.1, -0.05) is 29.8 Å². The van der Waals surface area contributed by atoms with E-state index in [2.05, 4.69) is 10.6 Å². The largest absolute Gasteiger partial charge is 0.324 e. The van der Waals surface area contributed by atoms with Crippen LogP contribution in [-0.2, 0) is 4.79 Å². The van der Waals surface area contributed by atoms with Crippen LogP contribution in [0.5, 0.6) is 0 Å². The number of halogens is 2. The van der Waals surface area contributed by atoms with Crippen molar-refractivity contribution in [2.45, 2.75) is 19.9 Å². The molecular formula is C18H19ClFN3O2. The topological polar surface area (TPSA) is 61.4 Å². The van der Waals surface area contributed by atoms with Crippen LogP contribution in [0.25, 0.3) is 0 Å². The number of nitrogens with one attached hydrogen (secondary N) is 2. The predicted octanol–water partition coefficient (Wildman–Crippen LogP) is 4.66. The maximum Gasteiger partial charge on any atom is 0.322 e. The minimum atomic E-state index is -0.578. The quantitative estimate of drug-likeness (QED) is 0.829. The summed E-state index contributed by atoms with van der Waals surface area (Å²) >= 11 is 6.17. The predicted molar refractivity (Wildman–Crippen MR) is 97.4 cm³/mol. The number of benzene rings is 2. The summed E-state index contributed by atoms with van der Waals surface area (Å²) in [6.07, 6.45) is 0. The van der Waals surface area contributed by atoms with Crippen LogP contribution in [0.15, 0.2) is 42.5 Å². The number of carbonyl (C=O) groups excluding carboxylic acids is 2. The van der Waals surface area contributed by atoms with E-state index in [1.165, 1.54) is 30.0 Å². The van der Waals surface area contributed by atoms with E-state index >= 15 is 0 Å². The highest BCUT2D eigenvalue weighted by atomic mass is 35.5. The van der Waals surface area contributed by atoms with E-state index in [-0.39, 0.29) is 17.8 Å². The summed E-state index contributed by atoms with van der Waals surface area (Å²) in [5, 5.41) is 5.63. The summed E-state index contributed by atoms with van der Waals surface area (Å²) < 4.78 is 13.7. The molecule has 0 aliphatic rings. The fraction of sp³-hybridized carbons (Fsp3) is 0.222. The first-order valence-corrected chi connectivity index (χ1v) is 8.02. The molecule has 0 fully saturated rings. The van der Waals surface area contributed by atoms with Crippen LogP contribution in [0.2, 0.25) is 5.02 Å². The summed E-state index contributed by atoms with van der Waals surface area (Å²) in [4.78, 5) is 25.0. The Hall–Kier alpha value is -2.60. The number of amides is 3. The van der Waals surface area contributed by atoms with Crippen molar-refractivity contribution in [3.8, 4) is 0 Å². The smallest absolute Gasteiger partial charge is 0.322 e. The fourth-order valence-electron chi connectivity index (χ4n) is 2.30. The van der Waals surface area contributed by atoms with Crippen LogP contribution < -0.4 is 10.6 Å². The molecule has 7 heteroatoms. The molecule has 0 aliphatic heterocycles. The average molecular weight is 364 g/mol. The maximum atomic E-state index is 13.7. The highest BCUT2D eigenvalue weighted by Crippen LogP contribution is 2.27. The van der Waals surface area contributed by atoms with Crippen LogP contribution in [0, 0.1) is 5.82 Å². The number of anilines is 2. The van der Waals surface area contributed by atoms with Crippen molar-refractivity contribution in [2.24, 2.45) is 0 Å². The first-order chi connectivity index (χ1) is 11.8. The minimum Gasteiger partial charge on any atom is -0.324 e. The van der Waals surface area contributed by atoms with Crippen molar-refractivity contribution in [2.75, 3.05) is 17.7 Å². The van der Waals surface area contributed by atoms with Gasteiger partial charge in [-0.2, -0.15) is 0 Å². The van der Waals surface area contributed by atoms with Gasteiger partial charge in [-0.05, 0) is 36.8 Å². The van der Waals surface area contributed by atoms with E-state index in [4.69, 9.17) is 11.6 Å². The zero-order chi connectivity index (χ0) is 18.6. The van der Waals surface area contributed by atoms with E-state index in [0.29, 0.717) is 10.7 Å². The zero-order valence-corrected chi connectivity index (χ0v) is 14.9. The Morgan fingerprint density at radius 1 is 1.16 bits per heavy atom. The van der Waals surface area contributed by atoms with Gasteiger partial charge >= 0.3 is 6.03 Å². The summed E-state index contributed by atoms with van der Waals surface area (Å²) in [5.41, 5.74) is 1.19. The lowest BCUT2D eigenvalue weighted by Crippen LogP contribution is -2.33. The molecule has 0 unspecified atom stereocenters. The number of hydrogen-bond donors (Lipinski definition) is 2. The van der Waals surface area contributed by atoms with Crippen molar-refractivity contribution in [1.82, 2.24) is 4.90 Å². The molecule has 0 spiro atoms. The highest BCUT2D eigenvalue weighted by molar-refractivity contribution is 6.31. The van der Waals surface area contributed by atoms with Crippen LogP contribution >= 0.6 is 11.6 Å². The molecule has 25 heavy (non-hydrogen) atoms. The molecular weight excluding hydrogens is 345 g/mol. The number of rotatable bonds is 4. The summed E-state index contributed by atoms with van der Waals surface area (Å²) in [7, 11) is 1.64. The van der Waals surface area contributed by atoms with Crippen LogP contribution in [0.1, 0.15) is 25.5 Å². The molecule has 5 nitrogen and oxygen atoms in total. The molecule has 2 rings (SSSR count). The first-order valence-electron chi connectivity index (χ1n) is 7.65. The molecule has 2 aromatic rings. The fourth-order valence-corrected chi connectivity index (χ4v) is 2.59. The standard InChI is InChI=1S/C18H19ClFN3O2/c1-11(14-6-4-5-7-15(14)19)23(3)18(25)22-13-8-9-16(20)17(10-13)21-12(2)24/h4-11H,1-3H3,(H,21,24)(H,22,25)/t11-/m1/s1. The molecule has 2 aromatic carbocycles. The lowest BCUT2D eigenvalue weighted by Gasteiger charge is -2.26. The summed E-state index contributed by atoms with van der Waals surface area (Å²) in [6.45, 7) is 3.14. The van der Waals surface area contributed by atoms with Gasteiger partial charge < -0.3 is 15.5 Å². The Labute approximate surface area is 150 Å². The number of hydrogen-bond acceptors (Lipinski definition) is 2. The third kappa shape index (κ3) is 4.70. The first kappa shape index (κ1) is 18.7. The molecule has 0 radical (unpaired) electrons. The van der Waals surface area contributed by atoms with Gasteiger partial charge in [0.25, 0.3) is 0 Å². The molecule has 2 N–H and O–H groups in total. The van der Waals surface area contributed by atoms with Crippen molar-refractivity contribution >= 4 is 34.9 Å². The Bertz CT molecular complexity index is 798. The minimum absolute atomic E-state index is 0.00658. The Balaban J connectivity index is 2.13. The average Bonchev–Trinajstić information content (AvgIpc) is 2.56. The van der Waals surface area contributed by atoms with Crippen molar-refractivity contribution in [1.29, 1.82) is 0 Å². The SMILES string of the molecule is CC(=O)Nc1cc(NC(=O)N(C)[C@H](C)c2ccccc2Cl)ccc1F. The lowest BCUT2D eigenvalue weighted by atomic mass is 10.1. The van der Waals surface area contributed by atoms with Gasteiger partial charge in [0.1, 0.15) is 5.82 Å². The van der Waals surface area contributed by atoms with Gasteiger partial charge in [0, 0.05) is 24.7 Å². The molecule has 0 heterocycles. The molecule has 0 saturated carbocycles. The number of carbonyl (C=O) groups is 2. The van der Waals surface area contributed by atoms with E-state index in [1.54, 1.807) is 13.1 Å². The summed E-state index contributed by atoms with van der Waals surface area (Å²) in [6, 6.07) is 10.6. The molecule has 1 atom stereocenters. The van der Waals surface area contributed by atoms with Gasteiger partial charge in [0.15, 0.2) is 0 Å². The van der Waals surface area contributed by atoms with Crippen LogP contribution in [0.3, 0.4) is 0 Å². The van der Waals surface area contributed by atoms with Gasteiger partial charge in [-0.15, -0.1) is 0 Å². The zero-order valence-electron chi connectivity index (χ0n) is 14.1. The van der Waals surface area contributed by atoms with Gasteiger partial charge in [-0.25, -0.2) is 9.18 Å². The maximum absolute atomic E-state index is 13.7. The van der Waals surface area contributed by atoms with E-state index in [1.807, 2.05) is 25.1 Å². The lowest BCUT2D eigenvalue weighted by molar-refractivity contribution is -0.114. The third-order valence-electron chi connectivity index (χ3n) is 3.78. The highest BCUT2D eigenvalue weighted by Gasteiger charge is 2.19. The molecule has 132 valence electrons. The molecule has 0 bridgehead atoms.